The van der Waals surface area contributed by atoms with E-state index in [4.69, 9.17) is 0 Å². The van der Waals surface area contributed by atoms with Crippen LogP contribution >= 0.6 is 11.3 Å². The number of hydrogen-bond acceptors (Lipinski definition) is 6. The number of hydrogen-bond donors (Lipinski definition) is 2. The molecule has 1 aromatic heterocycles. The van der Waals surface area contributed by atoms with Crippen molar-refractivity contribution in [3.63, 3.8) is 0 Å². The Morgan fingerprint density at radius 3 is 2.35 bits per heavy atom. The summed E-state index contributed by atoms with van der Waals surface area (Å²) < 4.78 is 1.02. The Morgan fingerprint density at radius 2 is 1.70 bits per heavy atom. The molecule has 1 aromatic carbocycles. The molecule has 0 radical (unpaired) electrons. The third-order valence-electron chi connectivity index (χ3n) is 8.14. The molecule has 7 nitrogen and oxygen atoms in total. The molecule has 40 heavy (non-hydrogen) atoms. The van der Waals surface area contributed by atoms with Crippen molar-refractivity contribution in [1.82, 2.24) is 10.6 Å². The molecule has 8 heteroatoms. The third kappa shape index (κ3) is 8.09. The van der Waals surface area contributed by atoms with E-state index < -0.39 is 29.2 Å². The van der Waals surface area contributed by atoms with Crippen LogP contribution in [0.3, 0.4) is 0 Å². The number of nitrogens with one attached hydrogen (secondary N) is 2. The molecule has 1 heterocycles. The van der Waals surface area contributed by atoms with Gasteiger partial charge in [0.2, 0.25) is 11.7 Å². The van der Waals surface area contributed by atoms with Crippen molar-refractivity contribution in [2.75, 3.05) is 0 Å². The summed E-state index contributed by atoms with van der Waals surface area (Å²) in [5, 5.41) is 6.55. The molecule has 216 valence electrons. The molecular formula is C32H42N2O5S. The summed E-state index contributed by atoms with van der Waals surface area (Å²) in [5.74, 6) is -2.53. The molecule has 2 aliphatic rings. The Morgan fingerprint density at radius 1 is 0.975 bits per heavy atom. The summed E-state index contributed by atoms with van der Waals surface area (Å²) in [6.07, 6.45) is 8.04. The van der Waals surface area contributed by atoms with Gasteiger partial charge in [-0.15, -0.1) is 11.3 Å². The number of thiophene rings is 1. The fourth-order valence-electron chi connectivity index (χ4n) is 6.06. The lowest BCUT2D eigenvalue weighted by molar-refractivity contribution is -0.141. The molecule has 2 aromatic rings. The van der Waals surface area contributed by atoms with Crippen LogP contribution in [-0.2, 0) is 19.2 Å². The minimum atomic E-state index is -1.10. The standard InChI is InChI=1S/C32H42N2O5S/c1-32(2,3)34-31(39)29(37)24(17-21-13-9-14-25(21)35)33-30(38)23(16-20-10-5-4-6-11-20)18-26(36)28-19-22-12-7-8-15-27(22)40-28/h7-8,12,15,19-21,23-24H,4-6,9-11,13-14,16-18H2,1-3H3,(H,33,38)(H,34,39)/t21-,23+,24-/m0/s1. The molecule has 2 saturated carbocycles. The number of Topliss-reactive ketones (excluding diaryl/α,β-unsaturated/α-hetero) is 3. The molecule has 2 fully saturated rings. The van der Waals surface area contributed by atoms with Crippen molar-refractivity contribution in [3.8, 4) is 0 Å². The number of fused-ring (bicyclic) bond motifs is 1. The van der Waals surface area contributed by atoms with E-state index in [1.54, 1.807) is 20.8 Å². The zero-order valence-electron chi connectivity index (χ0n) is 23.9. The number of carbonyl (C=O) groups excluding carboxylic acids is 5. The van der Waals surface area contributed by atoms with E-state index in [0.29, 0.717) is 30.1 Å². The van der Waals surface area contributed by atoms with Gasteiger partial charge in [-0.2, -0.15) is 0 Å². The van der Waals surface area contributed by atoms with Gasteiger partial charge < -0.3 is 10.6 Å². The largest absolute Gasteiger partial charge is 0.345 e. The van der Waals surface area contributed by atoms with E-state index in [1.165, 1.54) is 17.8 Å². The maximum absolute atomic E-state index is 13.8. The van der Waals surface area contributed by atoms with Crippen LogP contribution in [0.25, 0.3) is 10.1 Å². The monoisotopic (exact) mass is 566 g/mol. The summed E-state index contributed by atoms with van der Waals surface area (Å²) >= 11 is 1.43. The van der Waals surface area contributed by atoms with Crippen LogP contribution < -0.4 is 10.6 Å². The average molecular weight is 567 g/mol. The Balaban J connectivity index is 1.54. The quantitative estimate of drug-likeness (QED) is 0.264. The molecule has 4 rings (SSSR count). The number of ketones is 3. The topological polar surface area (TPSA) is 109 Å². The van der Waals surface area contributed by atoms with Crippen LogP contribution in [0, 0.1) is 17.8 Å². The molecule has 0 spiro atoms. The highest BCUT2D eigenvalue weighted by molar-refractivity contribution is 7.20. The summed E-state index contributed by atoms with van der Waals surface area (Å²) in [6.45, 7) is 5.35. The minimum absolute atomic E-state index is 0.0482. The lowest BCUT2D eigenvalue weighted by Gasteiger charge is -2.28. The summed E-state index contributed by atoms with van der Waals surface area (Å²) in [4.78, 5) is 66.4. The Bertz CT molecular complexity index is 1220. The van der Waals surface area contributed by atoms with Crippen LogP contribution in [0.2, 0.25) is 0 Å². The van der Waals surface area contributed by atoms with Crippen LogP contribution in [0.15, 0.2) is 30.3 Å². The van der Waals surface area contributed by atoms with E-state index in [0.717, 1.165) is 42.2 Å². The van der Waals surface area contributed by atoms with E-state index in [1.807, 2.05) is 30.3 Å². The van der Waals surface area contributed by atoms with Gasteiger partial charge in [0.1, 0.15) is 5.78 Å². The van der Waals surface area contributed by atoms with Gasteiger partial charge in [-0.25, -0.2) is 0 Å². The highest BCUT2D eigenvalue weighted by Crippen LogP contribution is 2.33. The molecule has 2 amide bonds. The molecule has 2 N–H and O–H groups in total. The number of rotatable bonds is 11. The predicted octanol–water partition coefficient (Wildman–Crippen LogP) is 5.79. The van der Waals surface area contributed by atoms with Crippen molar-refractivity contribution in [2.24, 2.45) is 17.8 Å². The van der Waals surface area contributed by atoms with E-state index in [-0.39, 0.29) is 36.2 Å². The fourth-order valence-corrected chi connectivity index (χ4v) is 7.07. The SMILES string of the molecule is CC(C)(C)NC(=O)C(=O)[C@H](C[C@@H]1CCCC1=O)NC(=O)[C@@H](CC(=O)c1cc2ccccc2s1)CC1CCCCC1. The van der Waals surface area contributed by atoms with Gasteiger partial charge in [-0.1, -0.05) is 50.3 Å². The van der Waals surface area contributed by atoms with Crippen molar-refractivity contribution >= 4 is 50.6 Å². The molecule has 2 aliphatic carbocycles. The highest BCUT2D eigenvalue weighted by Gasteiger charge is 2.37. The third-order valence-corrected chi connectivity index (χ3v) is 9.30. The lowest BCUT2D eigenvalue weighted by atomic mass is 9.80. The Hall–Kier alpha value is -2.87. The van der Waals surface area contributed by atoms with Gasteiger partial charge in [-0.3, -0.25) is 24.0 Å². The fraction of sp³-hybridized carbons (Fsp3) is 0.594. The van der Waals surface area contributed by atoms with Gasteiger partial charge in [0.15, 0.2) is 5.78 Å². The first-order valence-electron chi connectivity index (χ1n) is 14.7. The molecule has 0 saturated heterocycles. The van der Waals surface area contributed by atoms with Crippen molar-refractivity contribution in [3.05, 3.63) is 35.2 Å². The zero-order valence-corrected chi connectivity index (χ0v) is 24.7. The molecule has 0 unspecified atom stereocenters. The van der Waals surface area contributed by atoms with Crippen LogP contribution in [0.1, 0.15) is 101 Å². The van der Waals surface area contributed by atoms with Gasteiger partial charge in [-0.05, 0) is 69.9 Å². The predicted molar refractivity (Wildman–Crippen MR) is 157 cm³/mol. The smallest absolute Gasteiger partial charge is 0.290 e. The first-order valence-corrected chi connectivity index (χ1v) is 15.5. The second-order valence-electron chi connectivity index (χ2n) is 12.6. The number of amides is 2. The van der Waals surface area contributed by atoms with Crippen molar-refractivity contribution < 1.29 is 24.0 Å². The first kappa shape index (κ1) is 30.1. The second-order valence-corrected chi connectivity index (χ2v) is 13.7. The van der Waals surface area contributed by atoms with Gasteiger partial charge in [0.05, 0.1) is 10.9 Å². The number of carbonyl (C=O) groups is 5. The van der Waals surface area contributed by atoms with E-state index >= 15 is 0 Å². The van der Waals surface area contributed by atoms with Gasteiger partial charge >= 0.3 is 0 Å². The van der Waals surface area contributed by atoms with Crippen molar-refractivity contribution in [1.29, 1.82) is 0 Å². The summed E-state index contributed by atoms with van der Waals surface area (Å²) in [7, 11) is 0. The maximum atomic E-state index is 13.8. The summed E-state index contributed by atoms with van der Waals surface area (Å²) in [6, 6.07) is 8.60. The maximum Gasteiger partial charge on any atom is 0.290 e. The Labute approximate surface area is 240 Å². The van der Waals surface area contributed by atoms with Crippen LogP contribution in [0.5, 0.6) is 0 Å². The minimum Gasteiger partial charge on any atom is -0.345 e. The zero-order chi connectivity index (χ0) is 28.9. The van der Waals surface area contributed by atoms with Crippen LogP contribution in [-0.4, -0.2) is 40.7 Å². The van der Waals surface area contributed by atoms with Gasteiger partial charge in [0.25, 0.3) is 5.91 Å². The molecule has 3 atom stereocenters. The van der Waals surface area contributed by atoms with Gasteiger partial charge in [0, 0.05) is 34.9 Å². The van der Waals surface area contributed by atoms with E-state index in [2.05, 4.69) is 10.6 Å². The second kappa shape index (κ2) is 13.2. The number of benzene rings is 1. The Kier molecular flexibility index (Phi) is 9.93. The van der Waals surface area contributed by atoms with E-state index in [9.17, 15) is 24.0 Å². The normalized spacial score (nSPS) is 19.8. The molecular weight excluding hydrogens is 524 g/mol. The highest BCUT2D eigenvalue weighted by atomic mass is 32.1. The molecule has 0 bridgehead atoms. The lowest BCUT2D eigenvalue weighted by Crippen LogP contribution is -2.53. The molecule has 0 aliphatic heterocycles. The summed E-state index contributed by atoms with van der Waals surface area (Å²) in [5.41, 5.74) is -0.620. The van der Waals surface area contributed by atoms with Crippen molar-refractivity contribution in [2.45, 2.75) is 103 Å². The van der Waals surface area contributed by atoms with Crippen LogP contribution in [0.4, 0.5) is 0 Å². The average Bonchev–Trinajstić information content (AvgIpc) is 3.53. The first-order chi connectivity index (χ1) is 19.0.